The van der Waals surface area contributed by atoms with Gasteiger partial charge in [-0.1, -0.05) is 36.4 Å². The van der Waals surface area contributed by atoms with E-state index in [4.69, 9.17) is 15.2 Å². The van der Waals surface area contributed by atoms with Crippen molar-refractivity contribution in [2.45, 2.75) is 12.3 Å². The van der Waals surface area contributed by atoms with E-state index in [1.54, 1.807) is 55.5 Å². The van der Waals surface area contributed by atoms with E-state index in [9.17, 15) is 9.59 Å². The van der Waals surface area contributed by atoms with Crippen LogP contribution in [-0.4, -0.2) is 12.1 Å². The number of carbonyl (C=O) groups is 2. The highest BCUT2D eigenvalue weighted by atomic mass is 16.7. The average molecular weight is 283 g/mol. The third-order valence-corrected chi connectivity index (χ3v) is 3.73. The van der Waals surface area contributed by atoms with Crippen LogP contribution in [0.3, 0.4) is 0 Å². The van der Waals surface area contributed by atoms with E-state index >= 15 is 0 Å². The zero-order chi connectivity index (χ0) is 15.0. The second-order valence-electron chi connectivity index (χ2n) is 4.94. The molecule has 3 rings (SSSR count). The molecule has 0 unspecified atom stereocenters. The predicted molar refractivity (Wildman–Crippen MR) is 75.2 cm³/mol. The van der Waals surface area contributed by atoms with Gasteiger partial charge in [0.2, 0.25) is 5.91 Å². The third-order valence-electron chi connectivity index (χ3n) is 3.73. The summed E-state index contributed by atoms with van der Waals surface area (Å²) in [6, 6.07) is 13.6. The lowest BCUT2D eigenvalue weighted by Crippen LogP contribution is -2.41. The monoisotopic (exact) mass is 283 g/mol. The summed E-state index contributed by atoms with van der Waals surface area (Å²) in [5.74, 6) is -0.0273. The molecule has 0 saturated heterocycles. The Bertz CT molecular complexity index is 687. The molecule has 0 aliphatic carbocycles. The molecule has 1 heterocycles. The lowest BCUT2D eigenvalue weighted by molar-refractivity contribution is -0.121. The number of ether oxygens (including phenoxy) is 2. The van der Waals surface area contributed by atoms with Gasteiger partial charge in [-0.25, -0.2) is 4.79 Å². The van der Waals surface area contributed by atoms with Crippen LogP contribution < -0.4 is 15.2 Å². The van der Waals surface area contributed by atoms with Crippen LogP contribution in [0.15, 0.2) is 48.5 Å². The molecule has 0 atom stereocenters. The number of carbonyl (C=O) groups excluding carboxylic acids is 2. The third kappa shape index (κ3) is 1.94. The normalized spacial score (nSPS) is 15.6. The topological polar surface area (TPSA) is 78.6 Å². The van der Waals surface area contributed by atoms with Crippen LogP contribution in [0.5, 0.6) is 11.5 Å². The van der Waals surface area contributed by atoms with Crippen LogP contribution in [0.1, 0.15) is 18.1 Å². The van der Waals surface area contributed by atoms with Gasteiger partial charge in [0.1, 0.15) is 16.9 Å². The molecule has 2 aromatic carbocycles. The minimum absolute atomic E-state index is 0.262. The number of benzene rings is 2. The molecule has 2 aromatic rings. The molecule has 1 amide bonds. The molecule has 0 aromatic heterocycles. The van der Waals surface area contributed by atoms with Gasteiger partial charge >= 0.3 is 6.16 Å². The average Bonchev–Trinajstić information content (AvgIpc) is 2.46. The van der Waals surface area contributed by atoms with Crippen LogP contribution >= 0.6 is 0 Å². The van der Waals surface area contributed by atoms with E-state index in [2.05, 4.69) is 0 Å². The summed E-state index contributed by atoms with van der Waals surface area (Å²) >= 11 is 0. The van der Waals surface area contributed by atoms with Crippen molar-refractivity contribution in [1.29, 1.82) is 0 Å². The number of amides is 1. The van der Waals surface area contributed by atoms with Gasteiger partial charge in [0.25, 0.3) is 0 Å². The molecular formula is C16H13NO4. The number of fused-ring (bicyclic) bond motifs is 2. The molecule has 5 heteroatoms. The van der Waals surface area contributed by atoms with Crippen molar-refractivity contribution in [3.63, 3.8) is 0 Å². The lowest BCUT2D eigenvalue weighted by Gasteiger charge is -2.31. The summed E-state index contributed by atoms with van der Waals surface area (Å²) < 4.78 is 10.3. The number of nitrogens with two attached hydrogens (primary N) is 1. The molecule has 0 fully saturated rings. The molecule has 2 N–H and O–H groups in total. The van der Waals surface area contributed by atoms with Crippen LogP contribution in [0.25, 0.3) is 0 Å². The van der Waals surface area contributed by atoms with Gasteiger partial charge in [-0.05, 0) is 19.1 Å². The van der Waals surface area contributed by atoms with Gasteiger partial charge < -0.3 is 15.2 Å². The predicted octanol–water partition coefficient (Wildman–Crippen LogP) is 2.37. The zero-order valence-electron chi connectivity index (χ0n) is 11.3. The fourth-order valence-corrected chi connectivity index (χ4v) is 2.55. The maximum Gasteiger partial charge on any atom is 0.519 e. The Kier molecular flexibility index (Phi) is 2.90. The number of para-hydroxylation sites is 2. The molecule has 0 spiro atoms. The maximum absolute atomic E-state index is 12.2. The molecule has 21 heavy (non-hydrogen) atoms. The second-order valence-corrected chi connectivity index (χ2v) is 4.94. The Morgan fingerprint density at radius 3 is 1.81 bits per heavy atom. The largest absolute Gasteiger partial charge is 0.519 e. The van der Waals surface area contributed by atoms with Crippen LogP contribution in [0.4, 0.5) is 4.79 Å². The quantitative estimate of drug-likeness (QED) is 0.643. The van der Waals surface area contributed by atoms with Crippen LogP contribution in [0.2, 0.25) is 0 Å². The fraction of sp³-hybridized carbons (Fsp3) is 0.125. The van der Waals surface area contributed by atoms with Gasteiger partial charge in [0, 0.05) is 11.1 Å². The Hall–Kier alpha value is -2.82. The fourth-order valence-electron chi connectivity index (χ4n) is 2.55. The second kappa shape index (κ2) is 4.63. The van der Waals surface area contributed by atoms with Crippen LogP contribution in [0, 0.1) is 0 Å². The summed E-state index contributed by atoms with van der Waals surface area (Å²) in [4.78, 5) is 24.0. The van der Waals surface area contributed by atoms with E-state index in [0.29, 0.717) is 11.1 Å². The van der Waals surface area contributed by atoms with Crippen LogP contribution in [-0.2, 0) is 10.2 Å². The SMILES string of the molecule is CC1(C(N)=O)c2ccccc2OC(=O)Oc2ccccc21. The van der Waals surface area contributed by atoms with Crippen molar-refractivity contribution in [3.05, 3.63) is 59.7 Å². The summed E-state index contributed by atoms with van der Waals surface area (Å²) in [5, 5.41) is 0. The maximum atomic E-state index is 12.2. The minimum Gasteiger partial charge on any atom is -0.394 e. The number of hydrogen-bond donors (Lipinski definition) is 1. The molecule has 0 bridgehead atoms. The Morgan fingerprint density at radius 1 is 0.952 bits per heavy atom. The molecule has 5 nitrogen and oxygen atoms in total. The highest BCUT2D eigenvalue weighted by Crippen LogP contribution is 2.42. The molecule has 106 valence electrons. The molecule has 1 aliphatic heterocycles. The molecule has 0 saturated carbocycles. The number of hydrogen-bond acceptors (Lipinski definition) is 4. The Balaban J connectivity index is 2.37. The summed E-state index contributed by atoms with van der Waals surface area (Å²) in [5.41, 5.74) is 5.55. The van der Waals surface area contributed by atoms with Crippen molar-refractivity contribution >= 4 is 12.1 Å². The smallest absolute Gasteiger partial charge is 0.394 e. The Morgan fingerprint density at radius 2 is 1.38 bits per heavy atom. The van der Waals surface area contributed by atoms with E-state index in [1.165, 1.54) is 0 Å². The summed E-state index contributed by atoms with van der Waals surface area (Å²) in [6.07, 6.45) is -0.846. The number of rotatable bonds is 1. The van der Waals surface area contributed by atoms with Gasteiger partial charge in [-0.2, -0.15) is 0 Å². The van der Waals surface area contributed by atoms with Gasteiger partial charge in [0.15, 0.2) is 0 Å². The molecule has 1 aliphatic rings. The van der Waals surface area contributed by atoms with E-state index in [1.807, 2.05) is 0 Å². The van der Waals surface area contributed by atoms with Gasteiger partial charge in [-0.15, -0.1) is 0 Å². The highest BCUT2D eigenvalue weighted by Gasteiger charge is 2.42. The van der Waals surface area contributed by atoms with Crippen molar-refractivity contribution < 1.29 is 19.1 Å². The molecular weight excluding hydrogens is 270 g/mol. The van der Waals surface area contributed by atoms with Crippen molar-refractivity contribution in [3.8, 4) is 11.5 Å². The van der Waals surface area contributed by atoms with E-state index < -0.39 is 17.5 Å². The van der Waals surface area contributed by atoms with Crippen molar-refractivity contribution in [2.75, 3.05) is 0 Å². The minimum atomic E-state index is -1.16. The Labute approximate surface area is 121 Å². The first-order valence-corrected chi connectivity index (χ1v) is 6.42. The van der Waals surface area contributed by atoms with Gasteiger partial charge in [0.05, 0.1) is 0 Å². The lowest BCUT2D eigenvalue weighted by atomic mass is 9.74. The van der Waals surface area contributed by atoms with Crippen molar-refractivity contribution in [2.24, 2.45) is 5.73 Å². The first kappa shape index (κ1) is 13.2. The zero-order valence-corrected chi connectivity index (χ0v) is 11.3. The first-order chi connectivity index (χ1) is 10.0. The number of primary amides is 1. The molecule has 0 radical (unpaired) electrons. The van der Waals surface area contributed by atoms with E-state index in [0.717, 1.165) is 0 Å². The summed E-state index contributed by atoms with van der Waals surface area (Å²) in [7, 11) is 0. The van der Waals surface area contributed by atoms with Gasteiger partial charge in [-0.3, -0.25) is 4.79 Å². The highest BCUT2D eigenvalue weighted by molar-refractivity contribution is 5.93. The summed E-state index contributed by atoms with van der Waals surface area (Å²) in [6.45, 7) is 1.69. The van der Waals surface area contributed by atoms with E-state index in [-0.39, 0.29) is 11.5 Å². The van der Waals surface area contributed by atoms with Crippen molar-refractivity contribution in [1.82, 2.24) is 0 Å². The standard InChI is InChI=1S/C16H13NO4/c1-16(14(17)18)10-6-2-4-8-12(10)20-15(19)21-13-9-5-3-7-11(13)16/h2-9H,1H3,(H2,17,18). The first-order valence-electron chi connectivity index (χ1n) is 6.42.